The van der Waals surface area contributed by atoms with Gasteiger partial charge in [0, 0.05) is 30.6 Å². The Morgan fingerprint density at radius 1 is 1.26 bits per heavy atom. The first kappa shape index (κ1) is 14.8. The summed E-state index contributed by atoms with van der Waals surface area (Å²) in [5.41, 5.74) is -0.277. The Morgan fingerprint density at radius 2 is 1.95 bits per heavy atom. The van der Waals surface area contributed by atoms with Crippen LogP contribution in [-0.2, 0) is 4.79 Å². The lowest BCUT2D eigenvalue weighted by Gasteiger charge is -2.45. The minimum atomic E-state index is -0.277. The van der Waals surface area contributed by atoms with E-state index in [1.165, 1.54) is 32.2 Å². The number of likely N-dealkylation sites (tertiary alicyclic amines) is 1. The van der Waals surface area contributed by atoms with Crippen molar-refractivity contribution in [1.82, 2.24) is 10.2 Å². The van der Waals surface area contributed by atoms with E-state index in [2.05, 4.69) is 17.1 Å². The molecule has 1 saturated carbocycles. The molecule has 2 rings (SSSR count). The zero-order valence-electron chi connectivity index (χ0n) is 13.0. The molecule has 1 N–H and O–H groups in total. The van der Waals surface area contributed by atoms with Crippen molar-refractivity contribution in [2.75, 3.05) is 13.1 Å². The average molecular weight is 266 g/mol. The molecule has 2 atom stereocenters. The number of hydrogen-bond donors (Lipinski definition) is 1. The molecule has 1 aliphatic carbocycles. The number of carbonyl (C=O) groups excluding carboxylic acids is 1. The highest BCUT2D eigenvalue weighted by molar-refractivity contribution is 5.81. The molecule has 0 aromatic rings. The van der Waals surface area contributed by atoms with E-state index in [-0.39, 0.29) is 11.3 Å². The van der Waals surface area contributed by atoms with E-state index in [0.717, 1.165) is 24.9 Å². The fourth-order valence-corrected chi connectivity index (χ4v) is 3.09. The molecule has 3 heteroatoms. The van der Waals surface area contributed by atoms with Crippen molar-refractivity contribution in [2.45, 2.75) is 71.9 Å². The monoisotopic (exact) mass is 266 g/mol. The van der Waals surface area contributed by atoms with Crippen molar-refractivity contribution in [3.63, 3.8) is 0 Å². The number of amides is 1. The van der Waals surface area contributed by atoms with Crippen molar-refractivity contribution in [3.05, 3.63) is 0 Å². The van der Waals surface area contributed by atoms with Crippen LogP contribution in [0.2, 0.25) is 0 Å². The van der Waals surface area contributed by atoms with Crippen LogP contribution in [0.3, 0.4) is 0 Å². The van der Waals surface area contributed by atoms with Gasteiger partial charge in [-0.15, -0.1) is 0 Å². The highest BCUT2D eigenvalue weighted by Crippen LogP contribution is 2.30. The second-order valence-electron chi connectivity index (χ2n) is 7.47. The molecule has 2 aliphatic rings. The van der Waals surface area contributed by atoms with Crippen molar-refractivity contribution >= 4 is 5.91 Å². The van der Waals surface area contributed by atoms with Crippen LogP contribution in [0.15, 0.2) is 0 Å². The maximum Gasteiger partial charge on any atom is 0.225 e. The molecular weight excluding hydrogens is 236 g/mol. The Hall–Kier alpha value is -0.570. The van der Waals surface area contributed by atoms with E-state index >= 15 is 0 Å². The lowest BCUT2D eigenvalue weighted by Crippen LogP contribution is -2.56. The molecule has 1 heterocycles. The molecule has 0 aromatic carbocycles. The first-order chi connectivity index (χ1) is 8.90. The molecule has 1 amide bonds. The summed E-state index contributed by atoms with van der Waals surface area (Å²) in [6, 6.07) is 1.15. The third kappa shape index (κ3) is 3.71. The summed E-state index contributed by atoms with van der Waals surface area (Å²) in [6.45, 7) is 10.5. The quantitative estimate of drug-likeness (QED) is 0.852. The predicted octanol–water partition coefficient (Wildman–Crippen LogP) is 2.80. The lowest BCUT2D eigenvalue weighted by atomic mass is 9.85. The van der Waals surface area contributed by atoms with Crippen LogP contribution in [0, 0.1) is 11.3 Å². The van der Waals surface area contributed by atoms with E-state index in [9.17, 15) is 4.79 Å². The number of hydrogen-bond acceptors (Lipinski definition) is 2. The Morgan fingerprint density at radius 3 is 2.42 bits per heavy atom. The van der Waals surface area contributed by atoms with Crippen LogP contribution in [0.25, 0.3) is 0 Å². The second kappa shape index (κ2) is 5.82. The molecule has 0 bridgehead atoms. The average Bonchev–Trinajstić information content (AvgIpc) is 2.25. The summed E-state index contributed by atoms with van der Waals surface area (Å²) in [7, 11) is 0. The van der Waals surface area contributed by atoms with Crippen molar-refractivity contribution in [3.8, 4) is 0 Å². The zero-order chi connectivity index (χ0) is 14.0. The molecule has 1 saturated heterocycles. The third-order valence-electron chi connectivity index (χ3n) is 4.75. The molecule has 2 unspecified atom stereocenters. The molecule has 3 nitrogen and oxygen atoms in total. The SMILES string of the molecule is CCC1CC(NC(=O)C(C)(C)C)CN(C2CCC2)C1. The largest absolute Gasteiger partial charge is 0.352 e. The highest BCUT2D eigenvalue weighted by atomic mass is 16.2. The summed E-state index contributed by atoms with van der Waals surface area (Å²) in [5.74, 6) is 0.947. The minimum absolute atomic E-state index is 0.197. The van der Waals surface area contributed by atoms with E-state index in [4.69, 9.17) is 0 Å². The third-order valence-corrected chi connectivity index (χ3v) is 4.75. The smallest absolute Gasteiger partial charge is 0.225 e. The molecular formula is C16H30N2O. The Kier molecular flexibility index (Phi) is 4.54. The van der Waals surface area contributed by atoms with Gasteiger partial charge in [0.1, 0.15) is 0 Å². The number of nitrogens with zero attached hydrogens (tertiary/aromatic N) is 1. The van der Waals surface area contributed by atoms with Crippen LogP contribution < -0.4 is 5.32 Å². The maximum atomic E-state index is 12.2. The predicted molar refractivity (Wildman–Crippen MR) is 79.0 cm³/mol. The number of piperidine rings is 1. The van der Waals surface area contributed by atoms with Crippen LogP contribution in [0.1, 0.15) is 59.8 Å². The summed E-state index contributed by atoms with van der Waals surface area (Å²) >= 11 is 0. The van der Waals surface area contributed by atoms with Crippen molar-refractivity contribution in [2.24, 2.45) is 11.3 Å². The van der Waals surface area contributed by atoms with E-state index < -0.39 is 0 Å². The van der Waals surface area contributed by atoms with Gasteiger partial charge in [-0.3, -0.25) is 9.69 Å². The van der Waals surface area contributed by atoms with Gasteiger partial charge in [0.05, 0.1) is 0 Å². The van der Waals surface area contributed by atoms with Crippen LogP contribution >= 0.6 is 0 Å². The summed E-state index contributed by atoms with van der Waals surface area (Å²) in [6.07, 6.45) is 6.48. The summed E-state index contributed by atoms with van der Waals surface area (Å²) in [5, 5.41) is 3.28. The first-order valence-corrected chi connectivity index (χ1v) is 7.95. The molecule has 0 spiro atoms. The number of rotatable bonds is 3. The summed E-state index contributed by atoms with van der Waals surface area (Å²) in [4.78, 5) is 14.8. The topological polar surface area (TPSA) is 32.3 Å². The van der Waals surface area contributed by atoms with Gasteiger partial charge < -0.3 is 5.32 Å². The molecule has 110 valence electrons. The first-order valence-electron chi connectivity index (χ1n) is 7.95. The molecule has 2 fully saturated rings. The minimum Gasteiger partial charge on any atom is -0.352 e. The van der Waals surface area contributed by atoms with E-state index in [1.54, 1.807) is 0 Å². The Balaban J connectivity index is 1.93. The Bertz CT molecular complexity index is 317. The fraction of sp³-hybridized carbons (Fsp3) is 0.938. The molecule has 0 radical (unpaired) electrons. The van der Waals surface area contributed by atoms with Crippen LogP contribution in [-0.4, -0.2) is 36.0 Å². The van der Waals surface area contributed by atoms with Gasteiger partial charge in [0.25, 0.3) is 0 Å². The normalized spacial score (nSPS) is 29.9. The van der Waals surface area contributed by atoms with Gasteiger partial charge >= 0.3 is 0 Å². The lowest BCUT2D eigenvalue weighted by molar-refractivity contribution is -0.130. The van der Waals surface area contributed by atoms with Gasteiger partial charge in [-0.25, -0.2) is 0 Å². The zero-order valence-corrected chi connectivity index (χ0v) is 13.0. The van der Waals surface area contributed by atoms with E-state index in [0.29, 0.717) is 6.04 Å². The van der Waals surface area contributed by atoms with E-state index in [1.807, 2.05) is 20.8 Å². The van der Waals surface area contributed by atoms with Crippen LogP contribution in [0.4, 0.5) is 0 Å². The molecule has 1 aliphatic heterocycles. The van der Waals surface area contributed by atoms with Gasteiger partial charge in [0.15, 0.2) is 0 Å². The molecule has 19 heavy (non-hydrogen) atoms. The maximum absolute atomic E-state index is 12.2. The summed E-state index contributed by atoms with van der Waals surface area (Å²) < 4.78 is 0. The Labute approximate surface area is 118 Å². The van der Waals surface area contributed by atoms with Gasteiger partial charge in [-0.05, 0) is 25.2 Å². The molecule has 0 aromatic heterocycles. The number of carbonyl (C=O) groups is 1. The van der Waals surface area contributed by atoms with Gasteiger partial charge in [0.2, 0.25) is 5.91 Å². The number of nitrogens with one attached hydrogen (secondary N) is 1. The van der Waals surface area contributed by atoms with Crippen molar-refractivity contribution in [1.29, 1.82) is 0 Å². The van der Waals surface area contributed by atoms with Gasteiger partial charge in [-0.1, -0.05) is 40.5 Å². The highest BCUT2D eigenvalue weighted by Gasteiger charge is 2.34. The standard InChI is InChI=1S/C16H30N2O/c1-5-12-9-13(17-15(19)16(2,3)4)11-18(10-12)14-7-6-8-14/h12-14H,5-11H2,1-4H3,(H,17,19). The van der Waals surface area contributed by atoms with Crippen LogP contribution in [0.5, 0.6) is 0 Å². The van der Waals surface area contributed by atoms with Crippen molar-refractivity contribution < 1.29 is 4.79 Å². The van der Waals surface area contributed by atoms with Gasteiger partial charge in [-0.2, -0.15) is 0 Å². The fourth-order valence-electron chi connectivity index (χ4n) is 3.09. The second-order valence-corrected chi connectivity index (χ2v) is 7.47.